The SMILES string of the molecule is CC(C)=NOCc1c(S(C)(=O)=O)ccc(C(=O)Nc2ncnn2C)c1Cl. The molecule has 1 aromatic carbocycles. The van der Waals surface area contributed by atoms with Crippen molar-refractivity contribution in [3.63, 3.8) is 0 Å². The third kappa shape index (κ3) is 4.58. The molecule has 0 radical (unpaired) electrons. The number of carbonyl (C=O) groups excluding carboxylic acids is 1. The van der Waals surface area contributed by atoms with E-state index in [2.05, 4.69) is 20.6 Å². The molecule has 0 unspecified atom stereocenters. The van der Waals surface area contributed by atoms with Crippen LogP contribution in [0.3, 0.4) is 0 Å². The molecule has 2 aromatic rings. The smallest absolute Gasteiger partial charge is 0.259 e. The molecule has 0 fully saturated rings. The summed E-state index contributed by atoms with van der Waals surface area (Å²) in [7, 11) is -1.96. The van der Waals surface area contributed by atoms with E-state index in [1.54, 1.807) is 20.9 Å². The van der Waals surface area contributed by atoms with Crippen molar-refractivity contribution in [2.45, 2.75) is 25.3 Å². The second kappa shape index (κ2) is 7.83. The minimum absolute atomic E-state index is 0.0262. The number of oxime groups is 1. The van der Waals surface area contributed by atoms with Gasteiger partial charge in [-0.1, -0.05) is 16.8 Å². The number of amides is 1. The maximum absolute atomic E-state index is 12.5. The Bertz CT molecular complexity index is 964. The van der Waals surface area contributed by atoms with Crippen LogP contribution in [0.5, 0.6) is 0 Å². The van der Waals surface area contributed by atoms with E-state index in [0.717, 1.165) is 6.26 Å². The lowest BCUT2D eigenvalue weighted by atomic mass is 10.1. The van der Waals surface area contributed by atoms with E-state index in [-0.39, 0.29) is 33.6 Å². The molecule has 1 N–H and O–H groups in total. The van der Waals surface area contributed by atoms with E-state index in [1.165, 1.54) is 23.1 Å². The van der Waals surface area contributed by atoms with E-state index >= 15 is 0 Å². The fraction of sp³-hybridized carbons (Fsp3) is 0.333. The van der Waals surface area contributed by atoms with Gasteiger partial charge in [0.25, 0.3) is 5.91 Å². The average Bonchev–Trinajstić information content (AvgIpc) is 2.92. The zero-order chi connectivity index (χ0) is 19.5. The van der Waals surface area contributed by atoms with Gasteiger partial charge in [0.2, 0.25) is 5.95 Å². The lowest BCUT2D eigenvalue weighted by Crippen LogP contribution is -2.17. The Labute approximate surface area is 155 Å². The Morgan fingerprint density at radius 1 is 1.38 bits per heavy atom. The summed E-state index contributed by atoms with van der Waals surface area (Å²) in [6.07, 6.45) is 2.34. The molecule has 0 spiro atoms. The van der Waals surface area contributed by atoms with Gasteiger partial charge < -0.3 is 4.84 Å². The van der Waals surface area contributed by atoms with E-state index in [9.17, 15) is 13.2 Å². The molecule has 1 aromatic heterocycles. The number of hydrogen-bond acceptors (Lipinski definition) is 7. The van der Waals surface area contributed by atoms with E-state index in [0.29, 0.717) is 5.71 Å². The quantitative estimate of drug-likeness (QED) is 0.587. The van der Waals surface area contributed by atoms with Gasteiger partial charge in [-0.2, -0.15) is 10.1 Å². The van der Waals surface area contributed by atoms with Gasteiger partial charge >= 0.3 is 0 Å². The predicted octanol–water partition coefficient (Wildman–Crippen LogP) is 2.04. The summed E-state index contributed by atoms with van der Waals surface area (Å²) in [5, 5.41) is 10.1. The van der Waals surface area contributed by atoms with Crippen molar-refractivity contribution < 1.29 is 18.0 Å². The lowest BCUT2D eigenvalue weighted by Gasteiger charge is -2.13. The minimum Gasteiger partial charge on any atom is -0.391 e. The van der Waals surface area contributed by atoms with Gasteiger partial charge in [-0.25, -0.2) is 13.1 Å². The van der Waals surface area contributed by atoms with Gasteiger partial charge in [-0.15, -0.1) is 0 Å². The second-order valence-electron chi connectivity index (χ2n) is 5.65. The average molecular weight is 400 g/mol. The fourth-order valence-electron chi connectivity index (χ4n) is 2.06. The first-order valence-corrected chi connectivity index (χ1v) is 9.68. The first-order chi connectivity index (χ1) is 12.1. The fourth-order valence-corrected chi connectivity index (χ4v) is 3.35. The van der Waals surface area contributed by atoms with Crippen molar-refractivity contribution in [2.75, 3.05) is 11.6 Å². The van der Waals surface area contributed by atoms with Crippen molar-refractivity contribution >= 4 is 39.0 Å². The molecule has 0 saturated carbocycles. The summed E-state index contributed by atoms with van der Waals surface area (Å²) in [5.74, 6) is -0.329. The molecule has 0 bridgehead atoms. The Balaban J connectivity index is 2.43. The molecule has 0 saturated heterocycles. The molecular weight excluding hydrogens is 382 g/mol. The molecule has 1 heterocycles. The van der Waals surface area contributed by atoms with Crippen molar-refractivity contribution in [2.24, 2.45) is 12.2 Å². The molecule has 0 aliphatic rings. The topological polar surface area (TPSA) is 116 Å². The highest BCUT2D eigenvalue weighted by Gasteiger charge is 2.23. The number of nitrogens with zero attached hydrogens (tertiary/aromatic N) is 4. The van der Waals surface area contributed by atoms with Crippen molar-refractivity contribution in [1.29, 1.82) is 0 Å². The third-order valence-corrected chi connectivity index (χ3v) is 4.85. The Kier molecular flexibility index (Phi) is 5.98. The number of sulfone groups is 1. The van der Waals surface area contributed by atoms with E-state index in [4.69, 9.17) is 16.4 Å². The van der Waals surface area contributed by atoms with Crippen molar-refractivity contribution in [3.05, 3.63) is 34.6 Å². The Hall–Kier alpha value is -2.46. The number of anilines is 1. The summed E-state index contributed by atoms with van der Waals surface area (Å²) < 4.78 is 25.4. The number of aryl methyl sites for hydroxylation is 1. The van der Waals surface area contributed by atoms with Gasteiger partial charge in [-0.05, 0) is 26.0 Å². The highest BCUT2D eigenvalue weighted by molar-refractivity contribution is 7.90. The van der Waals surface area contributed by atoms with Crippen LogP contribution in [0.25, 0.3) is 0 Å². The van der Waals surface area contributed by atoms with Gasteiger partial charge in [0, 0.05) is 18.9 Å². The molecule has 9 nitrogen and oxygen atoms in total. The zero-order valence-corrected chi connectivity index (χ0v) is 16.2. The minimum atomic E-state index is -3.58. The molecule has 2 rings (SSSR count). The maximum Gasteiger partial charge on any atom is 0.259 e. The van der Waals surface area contributed by atoms with Crippen LogP contribution in [0.1, 0.15) is 29.8 Å². The maximum atomic E-state index is 12.5. The number of carbonyl (C=O) groups is 1. The molecule has 0 atom stereocenters. The molecule has 0 aliphatic heterocycles. The highest BCUT2D eigenvalue weighted by Crippen LogP contribution is 2.29. The normalized spacial score (nSPS) is 11.1. The van der Waals surface area contributed by atoms with Crippen molar-refractivity contribution in [1.82, 2.24) is 14.8 Å². The van der Waals surface area contributed by atoms with Crippen LogP contribution in [0, 0.1) is 0 Å². The number of rotatable bonds is 6. The Morgan fingerprint density at radius 3 is 2.62 bits per heavy atom. The molecular formula is C15H18ClN5O4S. The molecule has 11 heteroatoms. The predicted molar refractivity (Wildman–Crippen MR) is 97.1 cm³/mol. The standard InChI is InChI=1S/C15H18ClN5O4S/c1-9(2)20-25-7-11-12(26(4,23)24)6-5-10(13(11)16)14(22)19-15-17-8-18-21(15)3/h5-6,8H,7H2,1-4H3,(H,17,18,19,22). The van der Waals surface area contributed by atoms with E-state index < -0.39 is 15.7 Å². The number of aromatic nitrogens is 3. The van der Waals surface area contributed by atoms with Gasteiger partial charge in [0.05, 0.1) is 21.2 Å². The van der Waals surface area contributed by atoms with Crippen LogP contribution in [0.4, 0.5) is 5.95 Å². The number of benzene rings is 1. The first-order valence-electron chi connectivity index (χ1n) is 7.41. The van der Waals surface area contributed by atoms with E-state index in [1.807, 2.05) is 0 Å². The zero-order valence-electron chi connectivity index (χ0n) is 14.6. The summed E-state index contributed by atoms with van der Waals surface area (Å²) in [5.41, 5.74) is 0.890. The summed E-state index contributed by atoms with van der Waals surface area (Å²) in [6.45, 7) is 3.26. The van der Waals surface area contributed by atoms with Crippen LogP contribution in [-0.2, 0) is 28.3 Å². The summed E-state index contributed by atoms with van der Waals surface area (Å²) in [6, 6.07) is 2.65. The van der Waals surface area contributed by atoms with Crippen molar-refractivity contribution in [3.8, 4) is 0 Å². The van der Waals surface area contributed by atoms with Crippen LogP contribution < -0.4 is 5.32 Å². The van der Waals surface area contributed by atoms with Crippen LogP contribution >= 0.6 is 11.6 Å². The van der Waals surface area contributed by atoms with Gasteiger partial charge in [0.1, 0.15) is 12.9 Å². The van der Waals surface area contributed by atoms with Gasteiger partial charge in [-0.3, -0.25) is 10.1 Å². The van der Waals surface area contributed by atoms with Crippen LogP contribution in [0.2, 0.25) is 5.02 Å². The largest absolute Gasteiger partial charge is 0.391 e. The van der Waals surface area contributed by atoms with Crippen LogP contribution in [-0.4, -0.2) is 41.1 Å². The number of hydrogen-bond donors (Lipinski definition) is 1. The Morgan fingerprint density at radius 2 is 2.08 bits per heavy atom. The van der Waals surface area contributed by atoms with Crippen LogP contribution in [0.15, 0.2) is 28.5 Å². The third-order valence-electron chi connectivity index (χ3n) is 3.24. The highest BCUT2D eigenvalue weighted by atomic mass is 35.5. The second-order valence-corrected chi connectivity index (χ2v) is 8.01. The number of halogens is 1. The first kappa shape index (κ1) is 19.9. The van der Waals surface area contributed by atoms with Gasteiger partial charge in [0.15, 0.2) is 9.84 Å². The molecule has 140 valence electrons. The molecule has 26 heavy (non-hydrogen) atoms. The molecule has 1 amide bonds. The number of nitrogens with one attached hydrogen (secondary N) is 1. The monoisotopic (exact) mass is 399 g/mol. The summed E-state index contributed by atoms with van der Waals surface area (Å²) in [4.78, 5) is 21.5. The lowest BCUT2D eigenvalue weighted by molar-refractivity contribution is 0.102. The summed E-state index contributed by atoms with van der Waals surface area (Å²) >= 11 is 6.31. The molecule has 0 aliphatic carbocycles.